The van der Waals surface area contributed by atoms with Gasteiger partial charge < -0.3 is 19.7 Å². The van der Waals surface area contributed by atoms with Crippen LogP contribution in [0.1, 0.15) is 63.6 Å². The number of amides is 1. The molecule has 170 valence electrons. The minimum Gasteiger partial charge on any atom is -0.497 e. The van der Waals surface area contributed by atoms with E-state index >= 15 is 0 Å². The zero-order valence-corrected chi connectivity index (χ0v) is 19.3. The summed E-state index contributed by atoms with van der Waals surface area (Å²) in [5.41, 5.74) is 3.75. The van der Waals surface area contributed by atoms with E-state index in [0.717, 1.165) is 43.0 Å². The second-order valence-electron chi connectivity index (χ2n) is 8.51. The fourth-order valence-corrected chi connectivity index (χ4v) is 4.16. The van der Waals surface area contributed by atoms with Crippen molar-refractivity contribution in [2.24, 2.45) is 0 Å². The molecule has 0 saturated carbocycles. The number of nitrogens with one attached hydrogen (secondary N) is 1. The van der Waals surface area contributed by atoms with Crippen LogP contribution in [0.4, 0.5) is 0 Å². The third-order valence-corrected chi connectivity index (χ3v) is 5.99. The molecule has 1 aliphatic heterocycles. The van der Waals surface area contributed by atoms with Gasteiger partial charge in [0.25, 0.3) is 0 Å². The first-order valence-corrected chi connectivity index (χ1v) is 11.4. The normalized spacial score (nSPS) is 16.4. The lowest BCUT2D eigenvalue weighted by molar-refractivity contribution is -0.131. The first kappa shape index (κ1) is 23.1. The van der Waals surface area contributed by atoms with E-state index in [1.807, 2.05) is 30.0 Å². The van der Waals surface area contributed by atoms with Crippen LogP contribution in [-0.4, -0.2) is 44.2 Å². The number of methoxy groups -OCH3 is 1. The summed E-state index contributed by atoms with van der Waals surface area (Å²) < 4.78 is 11.0. The molecule has 5 nitrogen and oxygen atoms in total. The molecule has 1 fully saturated rings. The number of benzene rings is 2. The number of nitrogens with zero attached hydrogens (tertiary/aromatic N) is 1. The van der Waals surface area contributed by atoms with E-state index < -0.39 is 0 Å². The second-order valence-corrected chi connectivity index (χ2v) is 8.51. The molecule has 0 aromatic heterocycles. The molecule has 0 aliphatic carbocycles. The quantitative estimate of drug-likeness (QED) is 0.616. The number of hydrogen-bond acceptors (Lipinski definition) is 4. The summed E-state index contributed by atoms with van der Waals surface area (Å²) in [6.45, 7) is 9.55. The summed E-state index contributed by atoms with van der Waals surface area (Å²) in [6.07, 6.45) is 2.19. The van der Waals surface area contributed by atoms with Crippen molar-refractivity contribution >= 4 is 5.91 Å². The summed E-state index contributed by atoms with van der Waals surface area (Å²) in [6, 6.07) is 14.7. The minimum atomic E-state index is 0. The van der Waals surface area contributed by atoms with Gasteiger partial charge >= 0.3 is 0 Å². The van der Waals surface area contributed by atoms with E-state index in [4.69, 9.17) is 9.47 Å². The summed E-state index contributed by atoms with van der Waals surface area (Å²) >= 11 is 0. The molecule has 0 radical (unpaired) electrons. The molecular formula is C26H38N2O3. The molecule has 1 aliphatic rings. The van der Waals surface area contributed by atoms with Gasteiger partial charge in [-0.05, 0) is 42.9 Å². The maximum absolute atomic E-state index is 12.9. The Morgan fingerprint density at radius 3 is 2.84 bits per heavy atom. The van der Waals surface area contributed by atoms with Gasteiger partial charge in [0.1, 0.15) is 11.5 Å². The lowest BCUT2D eigenvalue weighted by Crippen LogP contribution is -2.43. The highest BCUT2D eigenvalue weighted by Crippen LogP contribution is 2.29. The van der Waals surface area contributed by atoms with Crippen LogP contribution in [-0.2, 0) is 11.3 Å². The Bertz CT molecular complexity index is 872. The predicted octanol–water partition coefficient (Wildman–Crippen LogP) is 4.96. The van der Waals surface area contributed by atoms with Crippen molar-refractivity contribution in [1.82, 2.24) is 10.2 Å². The molecular weight excluding hydrogens is 388 g/mol. The molecule has 31 heavy (non-hydrogen) atoms. The van der Waals surface area contributed by atoms with Gasteiger partial charge in [-0.2, -0.15) is 0 Å². The highest BCUT2D eigenvalue weighted by molar-refractivity contribution is 5.78. The molecule has 3 rings (SSSR count). The van der Waals surface area contributed by atoms with Crippen molar-refractivity contribution in [2.45, 2.75) is 52.0 Å². The Balaban J connectivity index is 0.00000363. The van der Waals surface area contributed by atoms with Gasteiger partial charge in [0.15, 0.2) is 0 Å². The summed E-state index contributed by atoms with van der Waals surface area (Å²) in [5, 5.41) is 3.30. The molecule has 5 heteroatoms. The molecule has 0 bridgehead atoms. The Kier molecular flexibility index (Phi) is 8.35. The van der Waals surface area contributed by atoms with Crippen molar-refractivity contribution in [3.05, 3.63) is 59.2 Å². The monoisotopic (exact) mass is 426 g/mol. The average molecular weight is 427 g/mol. The van der Waals surface area contributed by atoms with Crippen LogP contribution >= 0.6 is 0 Å². The zero-order chi connectivity index (χ0) is 22.2. The van der Waals surface area contributed by atoms with E-state index in [-0.39, 0.29) is 7.33 Å². The van der Waals surface area contributed by atoms with Gasteiger partial charge in [0, 0.05) is 38.6 Å². The minimum absolute atomic E-state index is 0. The van der Waals surface area contributed by atoms with E-state index in [2.05, 4.69) is 43.4 Å². The Morgan fingerprint density at radius 2 is 2.10 bits per heavy atom. The molecule has 1 saturated heterocycles. The van der Waals surface area contributed by atoms with Crippen LogP contribution in [0.25, 0.3) is 0 Å². The molecule has 1 N–H and O–H groups in total. The molecule has 1 atom stereocenters. The number of piperidine rings is 1. The van der Waals surface area contributed by atoms with Gasteiger partial charge in [-0.3, -0.25) is 4.79 Å². The van der Waals surface area contributed by atoms with Gasteiger partial charge in [-0.1, -0.05) is 44.2 Å². The maximum Gasteiger partial charge on any atom is 0.236 e. The molecule has 1 heterocycles. The highest BCUT2D eigenvalue weighted by atomic mass is 16.5. The smallest absolute Gasteiger partial charge is 0.236 e. The predicted molar refractivity (Wildman–Crippen MR) is 127 cm³/mol. The van der Waals surface area contributed by atoms with E-state index in [1.54, 1.807) is 7.11 Å². The largest absolute Gasteiger partial charge is 0.497 e. The Morgan fingerprint density at radius 1 is 1.26 bits per heavy atom. The van der Waals surface area contributed by atoms with Crippen molar-refractivity contribution in [3.8, 4) is 11.5 Å². The van der Waals surface area contributed by atoms with Crippen molar-refractivity contribution in [3.63, 3.8) is 0 Å². The van der Waals surface area contributed by atoms with Gasteiger partial charge in [0.05, 0.1) is 20.3 Å². The number of carbonyl (C=O) groups is 1. The van der Waals surface area contributed by atoms with Crippen LogP contribution < -0.4 is 14.8 Å². The van der Waals surface area contributed by atoms with Crippen LogP contribution in [0.15, 0.2) is 42.5 Å². The fraction of sp³-hybridized carbons (Fsp3) is 0.500. The molecule has 0 spiro atoms. The molecule has 1 unspecified atom stereocenters. The molecule has 1 amide bonds. The average Bonchev–Trinajstić information content (AvgIpc) is 2.80. The highest BCUT2D eigenvalue weighted by Gasteiger charge is 2.24. The molecule has 2 aromatic carbocycles. The van der Waals surface area contributed by atoms with Crippen LogP contribution in [0.3, 0.4) is 0 Å². The lowest BCUT2D eigenvalue weighted by atomic mass is 9.88. The van der Waals surface area contributed by atoms with Crippen LogP contribution in [0.5, 0.6) is 11.5 Å². The van der Waals surface area contributed by atoms with Gasteiger partial charge in [0.2, 0.25) is 5.91 Å². The second kappa shape index (κ2) is 11.2. The number of ether oxygens (including phenoxy) is 2. The summed E-state index contributed by atoms with van der Waals surface area (Å²) in [7, 11) is 1.65. The zero-order valence-electron chi connectivity index (χ0n) is 19.3. The van der Waals surface area contributed by atoms with Crippen molar-refractivity contribution in [2.75, 3.05) is 33.4 Å². The lowest BCUT2D eigenvalue weighted by Gasteiger charge is -2.33. The van der Waals surface area contributed by atoms with E-state index in [9.17, 15) is 4.79 Å². The SMILES string of the molecule is CCOc1cc(OC)ccc1CNCC(=O)N1CCCC(c2cccc(C(C)C)c2)C1.[HH]. The standard InChI is InChI=1S/C26H36N2O3.H2/c1-5-31-25-15-24(30-4)12-11-22(25)16-27-17-26(29)28-13-7-10-23(18-28)21-9-6-8-20(14-21)19(2)3;/h6,8-9,11-12,14-15,19,23,27H,5,7,10,13,16-18H2,1-4H3;1H. The number of rotatable bonds is 9. The van der Waals surface area contributed by atoms with Crippen LogP contribution in [0.2, 0.25) is 0 Å². The molecule has 2 aromatic rings. The third-order valence-electron chi connectivity index (χ3n) is 5.99. The van der Waals surface area contributed by atoms with Crippen LogP contribution in [0, 0.1) is 0 Å². The van der Waals surface area contributed by atoms with E-state index in [0.29, 0.717) is 31.5 Å². The van der Waals surface area contributed by atoms with Crippen molar-refractivity contribution in [1.29, 1.82) is 0 Å². The first-order chi connectivity index (χ1) is 15.0. The van der Waals surface area contributed by atoms with Gasteiger partial charge in [-0.15, -0.1) is 0 Å². The number of likely N-dealkylation sites (tertiary alicyclic amines) is 1. The maximum atomic E-state index is 12.9. The summed E-state index contributed by atoms with van der Waals surface area (Å²) in [4.78, 5) is 14.9. The fourth-order valence-electron chi connectivity index (χ4n) is 4.16. The Hall–Kier alpha value is -2.53. The Labute approximate surface area is 188 Å². The number of hydrogen-bond donors (Lipinski definition) is 1. The summed E-state index contributed by atoms with van der Waals surface area (Å²) in [5.74, 6) is 2.66. The third kappa shape index (κ3) is 6.23. The van der Waals surface area contributed by atoms with Crippen molar-refractivity contribution < 1.29 is 15.7 Å². The number of carbonyl (C=O) groups excluding carboxylic acids is 1. The van der Waals surface area contributed by atoms with Gasteiger partial charge in [-0.25, -0.2) is 0 Å². The first-order valence-electron chi connectivity index (χ1n) is 11.4. The topological polar surface area (TPSA) is 50.8 Å². The van der Waals surface area contributed by atoms with E-state index in [1.165, 1.54) is 11.1 Å².